The Kier molecular flexibility index (Phi) is 7.43. The normalized spacial score (nSPS) is 11.1. The molecular formula is C24H25ClN2O4S. The number of methoxy groups -OCH3 is 1. The number of aryl methyl sites for hydroxylation is 1. The van der Waals surface area contributed by atoms with E-state index >= 15 is 0 Å². The zero-order chi connectivity index (χ0) is 23.3. The van der Waals surface area contributed by atoms with Crippen molar-refractivity contribution in [1.82, 2.24) is 4.90 Å². The molecule has 3 aromatic rings. The lowest BCUT2D eigenvalue weighted by molar-refractivity contribution is -0.128. The lowest BCUT2D eigenvalue weighted by Crippen LogP contribution is -2.41. The molecule has 6 nitrogen and oxygen atoms in total. The smallest absolute Gasteiger partial charge is 0.264 e. The maximum atomic E-state index is 13.4. The molecule has 0 bridgehead atoms. The topological polar surface area (TPSA) is 66.9 Å². The van der Waals surface area contributed by atoms with Gasteiger partial charge >= 0.3 is 0 Å². The molecule has 8 heteroatoms. The molecule has 0 saturated heterocycles. The van der Waals surface area contributed by atoms with E-state index in [1.807, 2.05) is 43.3 Å². The second-order valence-electron chi connectivity index (χ2n) is 7.36. The Balaban J connectivity index is 1.90. The van der Waals surface area contributed by atoms with E-state index in [4.69, 9.17) is 16.3 Å². The fraction of sp³-hybridized carbons (Fsp3) is 0.208. The quantitative estimate of drug-likeness (QED) is 0.483. The second-order valence-corrected chi connectivity index (χ2v) is 9.66. The number of rotatable bonds is 8. The zero-order valence-corrected chi connectivity index (χ0v) is 19.7. The molecule has 32 heavy (non-hydrogen) atoms. The summed E-state index contributed by atoms with van der Waals surface area (Å²) < 4.78 is 33.4. The number of ether oxygens (including phenoxy) is 1. The fourth-order valence-electron chi connectivity index (χ4n) is 3.18. The summed E-state index contributed by atoms with van der Waals surface area (Å²) in [5, 5.41) is 0.429. The highest BCUT2D eigenvalue weighted by Crippen LogP contribution is 2.26. The highest BCUT2D eigenvalue weighted by atomic mass is 35.5. The highest BCUT2D eigenvalue weighted by Gasteiger charge is 2.28. The molecule has 0 aliphatic carbocycles. The van der Waals surface area contributed by atoms with Gasteiger partial charge in [-0.25, -0.2) is 8.42 Å². The predicted octanol–water partition coefficient (Wildman–Crippen LogP) is 4.51. The maximum absolute atomic E-state index is 13.4. The fourth-order valence-corrected chi connectivity index (χ4v) is 4.72. The Bertz CT molecular complexity index is 1180. The monoisotopic (exact) mass is 472 g/mol. The largest absolute Gasteiger partial charge is 0.496 e. The number of hydrogen-bond acceptors (Lipinski definition) is 4. The summed E-state index contributed by atoms with van der Waals surface area (Å²) >= 11 is 5.92. The number of halogens is 1. The van der Waals surface area contributed by atoms with Crippen molar-refractivity contribution in [3.05, 3.63) is 88.9 Å². The SMILES string of the molecule is COc1ccccc1CN(C)C(=O)CN(c1ccc(C)cc1)S(=O)(=O)c1ccc(Cl)cc1. The Morgan fingerprint density at radius 1 is 0.969 bits per heavy atom. The molecule has 0 atom stereocenters. The molecule has 3 aromatic carbocycles. The Morgan fingerprint density at radius 2 is 1.59 bits per heavy atom. The number of likely N-dealkylation sites (N-methyl/N-ethyl adjacent to an activating group) is 1. The van der Waals surface area contributed by atoms with E-state index in [1.54, 1.807) is 26.3 Å². The predicted molar refractivity (Wildman–Crippen MR) is 127 cm³/mol. The average Bonchev–Trinajstić information content (AvgIpc) is 2.78. The molecule has 1 amide bonds. The molecule has 0 radical (unpaired) electrons. The molecule has 0 aliphatic heterocycles. The number of anilines is 1. The summed E-state index contributed by atoms with van der Waals surface area (Å²) in [6.45, 7) is 1.85. The van der Waals surface area contributed by atoms with Gasteiger partial charge in [-0.2, -0.15) is 0 Å². The minimum absolute atomic E-state index is 0.0580. The van der Waals surface area contributed by atoms with Crippen LogP contribution in [0.5, 0.6) is 5.75 Å². The van der Waals surface area contributed by atoms with E-state index in [1.165, 1.54) is 29.2 Å². The third-order valence-corrected chi connectivity index (χ3v) is 7.07. The van der Waals surface area contributed by atoms with E-state index in [0.717, 1.165) is 15.4 Å². The van der Waals surface area contributed by atoms with Crippen molar-refractivity contribution < 1.29 is 17.9 Å². The van der Waals surface area contributed by atoms with Gasteiger partial charge in [-0.3, -0.25) is 9.10 Å². The first-order chi connectivity index (χ1) is 15.2. The van der Waals surface area contributed by atoms with Gasteiger partial charge in [-0.15, -0.1) is 0 Å². The minimum atomic E-state index is -4.00. The summed E-state index contributed by atoms with van der Waals surface area (Å²) in [4.78, 5) is 14.6. The van der Waals surface area contributed by atoms with Crippen molar-refractivity contribution in [3.63, 3.8) is 0 Å². The molecule has 168 valence electrons. The van der Waals surface area contributed by atoms with Crippen LogP contribution in [0.4, 0.5) is 5.69 Å². The van der Waals surface area contributed by atoms with Gasteiger partial charge in [0.15, 0.2) is 0 Å². The number of nitrogens with zero attached hydrogens (tertiary/aromatic N) is 2. The molecule has 0 unspecified atom stereocenters. The van der Waals surface area contributed by atoms with Crippen LogP contribution in [-0.4, -0.2) is 39.9 Å². The van der Waals surface area contributed by atoms with Crippen LogP contribution in [0.25, 0.3) is 0 Å². The summed E-state index contributed by atoms with van der Waals surface area (Å²) in [7, 11) is -0.792. The number of carbonyl (C=O) groups is 1. The van der Waals surface area contributed by atoms with Crippen LogP contribution in [0.15, 0.2) is 77.7 Å². The third kappa shape index (κ3) is 5.41. The van der Waals surface area contributed by atoms with Gasteiger partial charge in [0.05, 0.1) is 17.7 Å². The minimum Gasteiger partial charge on any atom is -0.496 e. The van der Waals surface area contributed by atoms with Crippen LogP contribution in [0.2, 0.25) is 5.02 Å². The number of para-hydroxylation sites is 1. The molecule has 0 heterocycles. The van der Waals surface area contributed by atoms with Crippen molar-refractivity contribution in [2.24, 2.45) is 0 Å². The Labute approximate surface area is 194 Å². The van der Waals surface area contributed by atoms with Gasteiger partial charge in [-0.05, 0) is 49.4 Å². The molecule has 0 fully saturated rings. The van der Waals surface area contributed by atoms with Gasteiger partial charge in [0.2, 0.25) is 5.91 Å². The summed E-state index contributed by atoms with van der Waals surface area (Å²) in [5.74, 6) is 0.311. The number of sulfonamides is 1. The number of benzene rings is 3. The van der Waals surface area contributed by atoms with Gasteiger partial charge in [0, 0.05) is 24.2 Å². The Hall–Kier alpha value is -3.03. The number of hydrogen-bond donors (Lipinski definition) is 0. The summed E-state index contributed by atoms with van der Waals surface area (Å²) in [5.41, 5.74) is 2.22. The molecule has 0 saturated carbocycles. The van der Waals surface area contributed by atoms with Crippen molar-refractivity contribution in [2.75, 3.05) is 25.0 Å². The Morgan fingerprint density at radius 3 is 2.22 bits per heavy atom. The number of carbonyl (C=O) groups excluding carboxylic acids is 1. The van der Waals surface area contributed by atoms with E-state index in [9.17, 15) is 13.2 Å². The summed E-state index contributed by atoms with van der Waals surface area (Å²) in [6.07, 6.45) is 0. The standard InChI is InChI=1S/C24H25ClN2O4S/c1-18-8-12-21(13-9-18)27(32(29,30)22-14-10-20(25)11-15-22)17-24(28)26(2)16-19-6-4-5-7-23(19)31-3/h4-15H,16-17H2,1-3H3. The van der Waals surface area contributed by atoms with Crippen molar-refractivity contribution >= 4 is 33.2 Å². The molecular weight excluding hydrogens is 448 g/mol. The second kappa shape index (κ2) is 10.1. The highest BCUT2D eigenvalue weighted by molar-refractivity contribution is 7.92. The van der Waals surface area contributed by atoms with Gasteiger partial charge in [-0.1, -0.05) is 47.5 Å². The zero-order valence-electron chi connectivity index (χ0n) is 18.2. The first-order valence-corrected chi connectivity index (χ1v) is 11.7. The van der Waals surface area contributed by atoms with E-state index < -0.39 is 10.0 Å². The van der Waals surface area contributed by atoms with Crippen molar-refractivity contribution in [3.8, 4) is 5.75 Å². The van der Waals surface area contributed by atoms with E-state index in [2.05, 4.69) is 0 Å². The molecule has 0 spiro atoms. The third-order valence-electron chi connectivity index (χ3n) is 5.03. The summed E-state index contributed by atoms with van der Waals surface area (Å²) in [6, 6.07) is 20.3. The van der Waals surface area contributed by atoms with Crippen LogP contribution in [0, 0.1) is 6.92 Å². The average molecular weight is 473 g/mol. The lowest BCUT2D eigenvalue weighted by atomic mass is 10.2. The van der Waals surface area contributed by atoms with Crippen LogP contribution in [0.1, 0.15) is 11.1 Å². The maximum Gasteiger partial charge on any atom is 0.264 e. The first-order valence-electron chi connectivity index (χ1n) is 9.93. The first kappa shape index (κ1) is 23.6. The van der Waals surface area contributed by atoms with Crippen LogP contribution in [-0.2, 0) is 21.4 Å². The van der Waals surface area contributed by atoms with Gasteiger partial charge < -0.3 is 9.64 Å². The van der Waals surface area contributed by atoms with E-state index in [-0.39, 0.29) is 23.9 Å². The van der Waals surface area contributed by atoms with Crippen molar-refractivity contribution in [1.29, 1.82) is 0 Å². The molecule has 0 N–H and O–H groups in total. The van der Waals surface area contributed by atoms with Crippen LogP contribution < -0.4 is 9.04 Å². The molecule has 3 rings (SSSR count). The van der Waals surface area contributed by atoms with Crippen LogP contribution in [0.3, 0.4) is 0 Å². The van der Waals surface area contributed by atoms with Crippen molar-refractivity contribution in [2.45, 2.75) is 18.4 Å². The van der Waals surface area contributed by atoms with E-state index in [0.29, 0.717) is 16.5 Å². The lowest BCUT2D eigenvalue weighted by Gasteiger charge is -2.27. The van der Waals surface area contributed by atoms with Gasteiger partial charge in [0.25, 0.3) is 10.0 Å². The molecule has 0 aromatic heterocycles. The van der Waals surface area contributed by atoms with Crippen LogP contribution >= 0.6 is 11.6 Å². The van der Waals surface area contributed by atoms with Gasteiger partial charge in [0.1, 0.15) is 12.3 Å². The number of amides is 1. The molecule has 0 aliphatic rings.